The van der Waals surface area contributed by atoms with Crippen molar-refractivity contribution in [2.24, 2.45) is 12.5 Å². The number of H-pyrrole nitrogens is 1. The van der Waals surface area contributed by atoms with E-state index >= 15 is 0 Å². The highest BCUT2D eigenvalue weighted by Crippen LogP contribution is 2.41. The summed E-state index contributed by atoms with van der Waals surface area (Å²) in [5.41, 5.74) is 3.99. The Morgan fingerprint density at radius 2 is 1.73 bits per heavy atom. The molecule has 0 aliphatic rings. The van der Waals surface area contributed by atoms with Gasteiger partial charge >= 0.3 is 5.97 Å². The predicted molar refractivity (Wildman–Crippen MR) is 163 cm³/mol. The highest BCUT2D eigenvalue weighted by Gasteiger charge is 2.30. The van der Waals surface area contributed by atoms with E-state index in [0.29, 0.717) is 23.7 Å². The van der Waals surface area contributed by atoms with Crippen LogP contribution >= 0.6 is 15.9 Å². The molecule has 6 nitrogen and oxygen atoms in total. The number of fused-ring (bicyclic) bond motifs is 2. The van der Waals surface area contributed by atoms with Gasteiger partial charge < -0.3 is 19.4 Å². The number of carbonyl (C=O) groups is 1. The normalized spacial score (nSPS) is 12.6. The van der Waals surface area contributed by atoms with Crippen LogP contribution in [0.25, 0.3) is 21.8 Å². The smallest absolute Gasteiger partial charge is 0.306 e. The second-order valence-corrected chi connectivity index (χ2v) is 12.3. The molecule has 1 unspecified atom stereocenters. The summed E-state index contributed by atoms with van der Waals surface area (Å²) < 4.78 is 8.11. The fourth-order valence-corrected chi connectivity index (χ4v) is 5.83. The van der Waals surface area contributed by atoms with Crippen LogP contribution in [0.2, 0.25) is 0 Å². The number of nitrogens with zero attached hydrogens (tertiary/aromatic N) is 1. The van der Waals surface area contributed by atoms with Crippen molar-refractivity contribution in [3.05, 3.63) is 110 Å². The van der Waals surface area contributed by atoms with Gasteiger partial charge in [-0.1, -0.05) is 79.2 Å². The summed E-state index contributed by atoms with van der Waals surface area (Å²) in [6.07, 6.45) is 0.782. The molecule has 3 aromatic carbocycles. The molecule has 0 fully saturated rings. The number of hydrogen-bond donors (Lipinski definition) is 2. The Hall–Kier alpha value is -3.84. The second kappa shape index (κ2) is 11.0. The standard InChI is InChI=1S/C33H33BrN2O4/c1-33(2,3)19-27(37)40-17-16-23-22-12-5-7-14-25(22)35-30(23)28(20-10-9-11-21(34)18-20)29-31(38)24-13-6-8-15-26(24)36(4)32(29)39/h5-15,18,28,35,38H,16-17,19H2,1-4H3. The van der Waals surface area contributed by atoms with Gasteiger partial charge in [0.05, 0.1) is 30.0 Å². The molecule has 0 spiro atoms. The minimum atomic E-state index is -0.603. The van der Waals surface area contributed by atoms with Crippen molar-refractivity contribution in [3.8, 4) is 5.75 Å². The molecule has 0 radical (unpaired) electrons. The Balaban J connectivity index is 1.70. The van der Waals surface area contributed by atoms with Crippen LogP contribution in [0.1, 0.15) is 55.5 Å². The van der Waals surface area contributed by atoms with Gasteiger partial charge in [0.25, 0.3) is 5.56 Å². The molecule has 40 heavy (non-hydrogen) atoms. The van der Waals surface area contributed by atoms with Crippen LogP contribution in [0.4, 0.5) is 0 Å². The minimum Gasteiger partial charge on any atom is -0.507 e. The van der Waals surface area contributed by atoms with Gasteiger partial charge in [-0.2, -0.15) is 0 Å². The number of nitrogens with one attached hydrogen (secondary N) is 1. The molecular weight excluding hydrogens is 568 g/mol. The number of aryl methyl sites for hydroxylation is 1. The number of hydrogen-bond acceptors (Lipinski definition) is 4. The van der Waals surface area contributed by atoms with Gasteiger partial charge in [-0.3, -0.25) is 9.59 Å². The minimum absolute atomic E-state index is 0.0371. The summed E-state index contributed by atoms with van der Waals surface area (Å²) in [7, 11) is 1.73. The predicted octanol–water partition coefficient (Wildman–Crippen LogP) is 7.19. The van der Waals surface area contributed by atoms with Crippen molar-refractivity contribution < 1.29 is 14.6 Å². The number of rotatable bonds is 7. The molecule has 5 rings (SSSR count). The van der Waals surface area contributed by atoms with E-state index in [2.05, 4.69) is 20.9 Å². The van der Waals surface area contributed by atoms with Gasteiger partial charge in [-0.05, 0) is 46.9 Å². The first-order valence-electron chi connectivity index (χ1n) is 13.4. The van der Waals surface area contributed by atoms with Crippen LogP contribution in [0, 0.1) is 5.41 Å². The summed E-state index contributed by atoms with van der Waals surface area (Å²) in [6.45, 7) is 6.22. The number of aromatic hydroxyl groups is 1. The first-order chi connectivity index (χ1) is 19.0. The SMILES string of the molecule is Cn1c(=O)c(C(c2cccc(Br)c2)c2[nH]c3ccccc3c2CCOC(=O)CC(C)(C)C)c(O)c2ccccc21. The molecule has 0 saturated heterocycles. The van der Waals surface area contributed by atoms with E-state index in [0.717, 1.165) is 32.2 Å². The maximum absolute atomic E-state index is 13.9. The van der Waals surface area contributed by atoms with E-state index < -0.39 is 5.92 Å². The number of ether oxygens (including phenoxy) is 1. The Morgan fingerprint density at radius 1 is 1.02 bits per heavy atom. The zero-order chi connectivity index (χ0) is 28.6. The Bertz CT molecular complexity index is 1780. The van der Waals surface area contributed by atoms with Gasteiger partial charge in [-0.15, -0.1) is 0 Å². The van der Waals surface area contributed by atoms with Crippen LogP contribution in [-0.4, -0.2) is 27.2 Å². The molecule has 0 saturated carbocycles. The van der Waals surface area contributed by atoms with Crippen molar-refractivity contribution in [1.29, 1.82) is 0 Å². The van der Waals surface area contributed by atoms with Crippen molar-refractivity contribution in [1.82, 2.24) is 9.55 Å². The first-order valence-corrected chi connectivity index (χ1v) is 14.2. The van der Waals surface area contributed by atoms with Gasteiger partial charge in [0.1, 0.15) is 5.75 Å². The third-order valence-corrected chi connectivity index (χ3v) is 7.70. The molecule has 1 atom stereocenters. The fraction of sp³-hybridized carbons (Fsp3) is 0.273. The van der Waals surface area contributed by atoms with Crippen LogP contribution in [0.5, 0.6) is 5.75 Å². The van der Waals surface area contributed by atoms with E-state index in [1.807, 2.05) is 93.6 Å². The number of pyridine rings is 1. The largest absolute Gasteiger partial charge is 0.507 e. The van der Waals surface area contributed by atoms with Crippen LogP contribution in [0.15, 0.2) is 82.1 Å². The first kappa shape index (κ1) is 27.7. The lowest BCUT2D eigenvalue weighted by molar-refractivity contribution is -0.145. The number of esters is 1. The van der Waals surface area contributed by atoms with Crippen LogP contribution in [0.3, 0.4) is 0 Å². The Morgan fingerprint density at radius 3 is 2.45 bits per heavy atom. The summed E-state index contributed by atoms with van der Waals surface area (Å²) >= 11 is 3.59. The molecular formula is C33H33BrN2O4. The zero-order valence-electron chi connectivity index (χ0n) is 23.1. The molecule has 0 aliphatic carbocycles. The molecule has 0 amide bonds. The lowest BCUT2D eigenvalue weighted by Crippen LogP contribution is -2.25. The van der Waals surface area contributed by atoms with Gasteiger partial charge in [-0.25, -0.2) is 0 Å². The lowest BCUT2D eigenvalue weighted by atomic mass is 9.85. The Kier molecular flexibility index (Phi) is 7.60. The van der Waals surface area contributed by atoms with Gasteiger partial charge in [0.15, 0.2) is 0 Å². The topological polar surface area (TPSA) is 84.3 Å². The van der Waals surface area contributed by atoms with Crippen molar-refractivity contribution >= 4 is 43.7 Å². The summed E-state index contributed by atoms with van der Waals surface area (Å²) in [5.74, 6) is -0.878. The second-order valence-electron chi connectivity index (χ2n) is 11.4. The molecule has 2 aromatic heterocycles. The summed E-state index contributed by atoms with van der Waals surface area (Å²) in [4.78, 5) is 30.0. The van der Waals surface area contributed by atoms with E-state index in [1.165, 1.54) is 0 Å². The number of halogens is 1. The molecule has 2 heterocycles. The van der Waals surface area contributed by atoms with E-state index in [9.17, 15) is 14.7 Å². The Labute approximate surface area is 241 Å². The highest BCUT2D eigenvalue weighted by molar-refractivity contribution is 9.10. The zero-order valence-corrected chi connectivity index (χ0v) is 24.7. The van der Waals surface area contributed by atoms with Crippen molar-refractivity contribution in [2.75, 3.05) is 6.61 Å². The van der Waals surface area contributed by atoms with Crippen LogP contribution in [-0.2, 0) is 23.0 Å². The van der Waals surface area contributed by atoms with Crippen molar-refractivity contribution in [3.63, 3.8) is 0 Å². The number of para-hydroxylation sites is 2. The molecule has 0 aliphatic heterocycles. The van der Waals surface area contributed by atoms with Crippen LogP contribution < -0.4 is 5.56 Å². The van der Waals surface area contributed by atoms with Gasteiger partial charge in [0, 0.05) is 39.9 Å². The maximum atomic E-state index is 13.9. The number of aromatic amines is 1. The fourth-order valence-electron chi connectivity index (χ4n) is 5.41. The molecule has 206 valence electrons. The average Bonchev–Trinajstić information content (AvgIpc) is 3.26. The quantitative estimate of drug-likeness (QED) is 0.194. The summed E-state index contributed by atoms with van der Waals surface area (Å²) in [6, 6.07) is 23.1. The van der Waals surface area contributed by atoms with Crippen molar-refractivity contribution in [2.45, 2.75) is 39.5 Å². The van der Waals surface area contributed by atoms with E-state index in [-0.39, 0.29) is 34.9 Å². The number of carbonyl (C=O) groups excluding carboxylic acids is 1. The molecule has 5 aromatic rings. The van der Waals surface area contributed by atoms with E-state index in [1.54, 1.807) is 11.6 Å². The average molecular weight is 602 g/mol. The monoisotopic (exact) mass is 600 g/mol. The number of aromatic nitrogens is 2. The molecule has 0 bridgehead atoms. The molecule has 2 N–H and O–H groups in total. The third-order valence-electron chi connectivity index (χ3n) is 7.21. The highest BCUT2D eigenvalue weighted by atomic mass is 79.9. The maximum Gasteiger partial charge on any atom is 0.306 e. The van der Waals surface area contributed by atoms with Gasteiger partial charge in [0.2, 0.25) is 0 Å². The van der Waals surface area contributed by atoms with E-state index in [4.69, 9.17) is 4.74 Å². The summed E-state index contributed by atoms with van der Waals surface area (Å²) in [5, 5.41) is 13.2. The molecule has 7 heteroatoms. The lowest BCUT2D eigenvalue weighted by Gasteiger charge is -2.22. The third kappa shape index (κ3) is 5.43. The number of benzene rings is 3.